The van der Waals surface area contributed by atoms with E-state index in [9.17, 15) is 18.0 Å². The maximum atomic E-state index is 12.0. The van der Waals surface area contributed by atoms with Gasteiger partial charge in [0, 0.05) is 11.0 Å². The summed E-state index contributed by atoms with van der Waals surface area (Å²) < 4.78 is 39.6. The molecule has 1 N–H and O–H groups in total. The summed E-state index contributed by atoms with van der Waals surface area (Å²) in [5, 5.41) is 8.38. The minimum atomic E-state index is -4.80. The zero-order chi connectivity index (χ0) is 13.1. The van der Waals surface area contributed by atoms with Crippen LogP contribution in [0.4, 0.5) is 13.2 Å². The lowest BCUT2D eigenvalue weighted by molar-refractivity contribution is -0.274. The summed E-state index contributed by atoms with van der Waals surface area (Å²) in [6, 6.07) is 3.55. The van der Waals surface area contributed by atoms with E-state index in [0.29, 0.717) is 0 Å². The summed E-state index contributed by atoms with van der Waals surface area (Å²) in [6.45, 7) is 0. The second-order valence-electron chi connectivity index (χ2n) is 2.98. The van der Waals surface area contributed by atoms with Gasteiger partial charge in [-0.3, -0.25) is 0 Å². The molecule has 3 nitrogen and oxygen atoms in total. The van der Waals surface area contributed by atoms with Crippen LogP contribution in [-0.4, -0.2) is 17.4 Å². The molecule has 0 fully saturated rings. The molecule has 1 aromatic carbocycles. The molecule has 1 rings (SSSR count). The lowest BCUT2D eigenvalue weighted by Gasteiger charge is -2.09. The third-order valence-corrected chi connectivity index (χ3v) is 1.82. The monoisotopic (exact) mass is 264 g/mol. The molecule has 0 unspecified atom stereocenters. The van der Waals surface area contributed by atoms with Crippen LogP contribution in [0.25, 0.3) is 6.08 Å². The Balaban J connectivity index is 2.98. The average Bonchev–Trinajstić information content (AvgIpc) is 2.10. The van der Waals surface area contributed by atoms with Crippen molar-refractivity contribution >= 4 is 24.7 Å². The van der Waals surface area contributed by atoms with E-state index in [-0.39, 0.29) is 10.5 Å². The van der Waals surface area contributed by atoms with E-state index in [4.69, 9.17) is 5.11 Å². The Morgan fingerprint density at radius 2 is 2.00 bits per heavy atom. The number of carboxylic acids is 1. The summed E-state index contributed by atoms with van der Waals surface area (Å²) in [4.78, 5) is 10.5. The first-order valence-corrected chi connectivity index (χ1v) is 4.72. The number of hydrogen-bond donors (Lipinski definition) is 2. The van der Waals surface area contributed by atoms with Gasteiger partial charge in [-0.15, -0.1) is 25.8 Å². The summed E-state index contributed by atoms with van der Waals surface area (Å²) in [5.41, 5.74) is 0.249. The normalized spacial score (nSPS) is 11.8. The van der Waals surface area contributed by atoms with Crippen molar-refractivity contribution in [1.82, 2.24) is 0 Å². The SMILES string of the molecule is O=C(O)/C=C/c1cc(S)cc(OC(F)(F)F)c1. The molecule has 0 spiro atoms. The molecule has 0 aromatic heterocycles. The first-order chi connectivity index (χ1) is 7.76. The molecule has 0 heterocycles. The van der Waals surface area contributed by atoms with E-state index < -0.39 is 18.1 Å². The van der Waals surface area contributed by atoms with E-state index >= 15 is 0 Å². The molecular formula is C10H7F3O3S. The van der Waals surface area contributed by atoms with Gasteiger partial charge >= 0.3 is 12.3 Å². The largest absolute Gasteiger partial charge is 0.573 e. The van der Waals surface area contributed by atoms with Crippen molar-refractivity contribution in [3.05, 3.63) is 29.8 Å². The molecule has 0 saturated heterocycles. The van der Waals surface area contributed by atoms with Gasteiger partial charge in [0.1, 0.15) is 5.75 Å². The minimum Gasteiger partial charge on any atom is -0.478 e. The third kappa shape index (κ3) is 5.30. The van der Waals surface area contributed by atoms with Gasteiger partial charge in [0.25, 0.3) is 0 Å². The maximum Gasteiger partial charge on any atom is 0.573 e. The van der Waals surface area contributed by atoms with Crippen LogP contribution in [0.1, 0.15) is 5.56 Å². The van der Waals surface area contributed by atoms with Crippen LogP contribution in [0.5, 0.6) is 5.75 Å². The topological polar surface area (TPSA) is 46.5 Å². The molecule has 92 valence electrons. The number of hydrogen-bond acceptors (Lipinski definition) is 3. The molecule has 0 aliphatic rings. The Hall–Kier alpha value is -1.63. The number of aliphatic carboxylic acids is 1. The molecule has 7 heteroatoms. The highest BCUT2D eigenvalue weighted by molar-refractivity contribution is 7.80. The van der Waals surface area contributed by atoms with Crippen molar-refractivity contribution < 1.29 is 27.8 Å². The van der Waals surface area contributed by atoms with E-state index in [0.717, 1.165) is 24.3 Å². The summed E-state index contributed by atoms with van der Waals surface area (Å²) >= 11 is 3.89. The molecule has 0 radical (unpaired) electrons. The summed E-state index contributed by atoms with van der Waals surface area (Å²) in [6.07, 6.45) is -2.85. The first-order valence-electron chi connectivity index (χ1n) is 4.27. The Morgan fingerprint density at radius 3 is 2.53 bits per heavy atom. The van der Waals surface area contributed by atoms with Gasteiger partial charge in [-0.25, -0.2) is 4.79 Å². The van der Waals surface area contributed by atoms with Crippen LogP contribution in [0.15, 0.2) is 29.2 Å². The van der Waals surface area contributed by atoms with Gasteiger partial charge in [-0.2, -0.15) is 0 Å². The highest BCUT2D eigenvalue weighted by atomic mass is 32.1. The van der Waals surface area contributed by atoms with Crippen molar-refractivity contribution in [1.29, 1.82) is 0 Å². The fraction of sp³-hybridized carbons (Fsp3) is 0.100. The van der Waals surface area contributed by atoms with Crippen LogP contribution < -0.4 is 4.74 Å². The van der Waals surface area contributed by atoms with Crippen LogP contribution in [0.3, 0.4) is 0 Å². The number of carboxylic acid groups (broad SMARTS) is 1. The Bertz CT molecular complexity index is 455. The maximum absolute atomic E-state index is 12.0. The number of ether oxygens (including phenoxy) is 1. The fourth-order valence-electron chi connectivity index (χ4n) is 1.06. The van der Waals surface area contributed by atoms with E-state index in [1.54, 1.807) is 0 Å². The number of rotatable bonds is 3. The van der Waals surface area contributed by atoms with Gasteiger partial charge in [0.15, 0.2) is 0 Å². The zero-order valence-electron chi connectivity index (χ0n) is 8.23. The standard InChI is InChI=1S/C10H7F3O3S/c11-10(12,13)16-7-3-6(1-2-9(14)15)4-8(17)5-7/h1-5,17H,(H,14,15)/b2-1+. The van der Waals surface area contributed by atoms with Crippen molar-refractivity contribution in [2.75, 3.05) is 0 Å². The van der Waals surface area contributed by atoms with Crippen LogP contribution in [0.2, 0.25) is 0 Å². The van der Waals surface area contributed by atoms with E-state index in [2.05, 4.69) is 17.4 Å². The summed E-state index contributed by atoms with van der Waals surface area (Å²) in [7, 11) is 0. The van der Waals surface area contributed by atoms with Gasteiger partial charge < -0.3 is 9.84 Å². The van der Waals surface area contributed by atoms with Crippen molar-refractivity contribution in [2.24, 2.45) is 0 Å². The molecule has 0 atom stereocenters. The second-order valence-corrected chi connectivity index (χ2v) is 3.50. The predicted molar refractivity (Wildman–Crippen MR) is 57.0 cm³/mol. The number of alkyl halides is 3. The molecule has 1 aromatic rings. The van der Waals surface area contributed by atoms with Crippen molar-refractivity contribution in [3.8, 4) is 5.75 Å². The lowest BCUT2D eigenvalue weighted by Crippen LogP contribution is -2.17. The predicted octanol–water partition coefficient (Wildman–Crippen LogP) is 2.97. The summed E-state index contributed by atoms with van der Waals surface area (Å²) in [5.74, 6) is -1.65. The molecule has 0 saturated carbocycles. The van der Waals surface area contributed by atoms with Gasteiger partial charge in [0.05, 0.1) is 0 Å². The van der Waals surface area contributed by atoms with Crippen LogP contribution in [-0.2, 0) is 4.79 Å². The van der Waals surface area contributed by atoms with Crippen molar-refractivity contribution in [3.63, 3.8) is 0 Å². The van der Waals surface area contributed by atoms with E-state index in [1.807, 2.05) is 0 Å². The Kier molecular flexibility index (Phi) is 4.06. The van der Waals surface area contributed by atoms with Gasteiger partial charge in [0.2, 0.25) is 0 Å². The molecule has 0 aliphatic carbocycles. The number of halogens is 3. The number of carbonyl (C=O) groups is 1. The highest BCUT2D eigenvalue weighted by Gasteiger charge is 2.31. The molecule has 0 amide bonds. The molecule has 0 aliphatic heterocycles. The zero-order valence-corrected chi connectivity index (χ0v) is 9.13. The molecule has 17 heavy (non-hydrogen) atoms. The highest BCUT2D eigenvalue weighted by Crippen LogP contribution is 2.26. The molecular weight excluding hydrogens is 257 g/mol. The third-order valence-electron chi connectivity index (χ3n) is 1.57. The number of benzene rings is 1. The smallest absolute Gasteiger partial charge is 0.478 e. The lowest BCUT2D eigenvalue weighted by atomic mass is 10.2. The van der Waals surface area contributed by atoms with E-state index in [1.165, 1.54) is 6.07 Å². The Morgan fingerprint density at radius 1 is 1.35 bits per heavy atom. The minimum absolute atomic E-state index is 0.233. The number of thiol groups is 1. The fourth-order valence-corrected chi connectivity index (χ4v) is 1.34. The van der Waals surface area contributed by atoms with Crippen LogP contribution >= 0.6 is 12.6 Å². The van der Waals surface area contributed by atoms with Gasteiger partial charge in [-0.05, 0) is 29.8 Å². The molecule has 0 bridgehead atoms. The first kappa shape index (κ1) is 13.4. The Labute approximate surface area is 99.9 Å². The van der Waals surface area contributed by atoms with Crippen LogP contribution in [0, 0.1) is 0 Å². The van der Waals surface area contributed by atoms with Gasteiger partial charge in [-0.1, -0.05) is 0 Å². The second kappa shape index (κ2) is 5.13. The van der Waals surface area contributed by atoms with Crippen molar-refractivity contribution in [2.45, 2.75) is 11.3 Å². The average molecular weight is 264 g/mol. The quantitative estimate of drug-likeness (QED) is 0.651.